The van der Waals surface area contributed by atoms with E-state index in [0.717, 1.165) is 17.0 Å². The van der Waals surface area contributed by atoms with Crippen LogP contribution in [0, 0.1) is 5.92 Å². The number of carbonyl (C=O) groups is 2. The van der Waals surface area contributed by atoms with Gasteiger partial charge in [0.05, 0.1) is 42.4 Å². The summed E-state index contributed by atoms with van der Waals surface area (Å²) in [5.41, 5.74) is 1.55. The number of nitrogens with zero attached hydrogens (tertiary/aromatic N) is 2. The van der Waals surface area contributed by atoms with Crippen molar-refractivity contribution in [3.05, 3.63) is 47.6 Å². The third kappa shape index (κ3) is 7.67. The summed E-state index contributed by atoms with van der Waals surface area (Å²) in [5.74, 6) is 0.164. The minimum Gasteiger partial charge on any atom is -0.496 e. The standard InChI is InChI=1S/C26H31N3O6S/c1-16(12-28-25(32)35-26(2,3)4)8-9-34-18-11-23(36-15-18)21-14-27-13-20(29-21)17-6-7-19(24(30)31)22(10-17)33-5/h6-7,10-11,13-16H,8-9,12H2,1-5H3,(H,28,32)(H,30,31). The Bertz CT molecular complexity index is 1200. The summed E-state index contributed by atoms with van der Waals surface area (Å²) in [6.45, 7) is 8.55. The predicted octanol–water partition coefficient (Wildman–Crippen LogP) is 5.51. The van der Waals surface area contributed by atoms with E-state index in [2.05, 4.69) is 15.3 Å². The maximum atomic E-state index is 11.8. The van der Waals surface area contributed by atoms with Crippen LogP contribution in [0.4, 0.5) is 4.79 Å². The van der Waals surface area contributed by atoms with Crippen LogP contribution in [-0.4, -0.2) is 53.0 Å². The molecule has 2 N–H and O–H groups in total. The van der Waals surface area contributed by atoms with E-state index in [0.29, 0.717) is 30.1 Å². The lowest BCUT2D eigenvalue weighted by molar-refractivity contribution is 0.0517. The molecular formula is C26H31N3O6S. The smallest absolute Gasteiger partial charge is 0.407 e. The third-order valence-corrected chi connectivity index (χ3v) is 5.99. The van der Waals surface area contributed by atoms with Gasteiger partial charge in [-0.1, -0.05) is 13.0 Å². The molecule has 10 heteroatoms. The van der Waals surface area contributed by atoms with Gasteiger partial charge >= 0.3 is 12.1 Å². The molecule has 192 valence electrons. The molecule has 2 aromatic heterocycles. The number of carboxylic acids is 1. The van der Waals surface area contributed by atoms with Crippen LogP contribution in [0.5, 0.6) is 11.5 Å². The van der Waals surface area contributed by atoms with Gasteiger partial charge in [-0.05, 0) is 45.2 Å². The van der Waals surface area contributed by atoms with E-state index in [-0.39, 0.29) is 17.2 Å². The van der Waals surface area contributed by atoms with Crippen LogP contribution in [0.15, 0.2) is 42.0 Å². The van der Waals surface area contributed by atoms with Crippen LogP contribution in [0.3, 0.4) is 0 Å². The van der Waals surface area contributed by atoms with Gasteiger partial charge in [-0.3, -0.25) is 4.98 Å². The lowest BCUT2D eigenvalue weighted by Gasteiger charge is -2.20. The van der Waals surface area contributed by atoms with Crippen LogP contribution in [0.2, 0.25) is 0 Å². The number of carboxylic acid groups (broad SMARTS) is 1. The van der Waals surface area contributed by atoms with Crippen LogP contribution in [-0.2, 0) is 4.74 Å². The Morgan fingerprint density at radius 1 is 1.17 bits per heavy atom. The molecule has 0 aliphatic carbocycles. The first-order valence-corrected chi connectivity index (χ1v) is 12.4. The summed E-state index contributed by atoms with van der Waals surface area (Å²) in [4.78, 5) is 33.0. The summed E-state index contributed by atoms with van der Waals surface area (Å²) in [6, 6.07) is 6.72. The summed E-state index contributed by atoms with van der Waals surface area (Å²) in [7, 11) is 1.43. The molecule has 3 rings (SSSR count). The molecule has 0 aliphatic rings. The zero-order valence-corrected chi connectivity index (χ0v) is 21.8. The van der Waals surface area contributed by atoms with Crippen molar-refractivity contribution in [2.75, 3.05) is 20.3 Å². The molecule has 36 heavy (non-hydrogen) atoms. The van der Waals surface area contributed by atoms with Crippen molar-refractivity contribution < 1.29 is 28.9 Å². The summed E-state index contributed by atoms with van der Waals surface area (Å²) >= 11 is 1.50. The minimum absolute atomic E-state index is 0.0837. The zero-order valence-electron chi connectivity index (χ0n) is 21.0. The molecule has 0 aliphatic heterocycles. The van der Waals surface area contributed by atoms with Crippen LogP contribution in [0.1, 0.15) is 44.5 Å². The molecule has 0 saturated carbocycles. The molecule has 0 fully saturated rings. The Hall–Kier alpha value is -3.66. The number of benzene rings is 1. The van der Waals surface area contributed by atoms with Crippen molar-refractivity contribution in [1.29, 1.82) is 0 Å². The maximum absolute atomic E-state index is 11.8. The number of hydrogen-bond acceptors (Lipinski definition) is 8. The molecule has 1 atom stereocenters. The second-order valence-electron chi connectivity index (χ2n) is 9.28. The highest BCUT2D eigenvalue weighted by Crippen LogP contribution is 2.32. The molecule has 1 aromatic carbocycles. The van der Waals surface area contributed by atoms with Gasteiger partial charge in [-0.15, -0.1) is 11.3 Å². The van der Waals surface area contributed by atoms with Crippen LogP contribution >= 0.6 is 11.3 Å². The first kappa shape index (κ1) is 26.9. The number of rotatable bonds is 10. The van der Waals surface area contributed by atoms with Gasteiger partial charge in [0.15, 0.2) is 0 Å². The SMILES string of the molecule is COc1cc(-c2cncc(-c3cc(OCCC(C)CNC(=O)OC(C)(C)C)cs3)n2)ccc1C(=O)O. The molecule has 0 saturated heterocycles. The van der Waals surface area contributed by atoms with E-state index >= 15 is 0 Å². The topological polar surface area (TPSA) is 120 Å². The Labute approximate surface area is 214 Å². The number of thiophene rings is 1. The third-order valence-electron chi connectivity index (χ3n) is 5.06. The monoisotopic (exact) mass is 513 g/mol. The summed E-state index contributed by atoms with van der Waals surface area (Å²) in [5, 5.41) is 14.0. The molecule has 3 aromatic rings. The number of aromatic carboxylic acids is 1. The number of alkyl carbamates (subject to hydrolysis) is 1. The number of nitrogens with one attached hydrogen (secondary N) is 1. The first-order valence-electron chi connectivity index (χ1n) is 11.5. The second kappa shape index (κ2) is 11.9. The first-order chi connectivity index (χ1) is 17.1. The van der Waals surface area contributed by atoms with E-state index in [1.54, 1.807) is 24.5 Å². The summed E-state index contributed by atoms with van der Waals surface area (Å²) < 4.78 is 16.4. The van der Waals surface area contributed by atoms with Crippen molar-refractivity contribution in [2.24, 2.45) is 5.92 Å². The molecule has 0 radical (unpaired) electrons. The number of hydrogen-bond donors (Lipinski definition) is 2. The Morgan fingerprint density at radius 3 is 2.61 bits per heavy atom. The maximum Gasteiger partial charge on any atom is 0.407 e. The lowest BCUT2D eigenvalue weighted by atomic mass is 10.1. The van der Waals surface area contributed by atoms with E-state index in [4.69, 9.17) is 14.2 Å². The Balaban J connectivity index is 1.57. The van der Waals surface area contributed by atoms with Crippen molar-refractivity contribution in [2.45, 2.75) is 39.7 Å². The average Bonchev–Trinajstić information content (AvgIpc) is 3.30. The second-order valence-corrected chi connectivity index (χ2v) is 10.2. The number of methoxy groups -OCH3 is 1. The van der Waals surface area contributed by atoms with E-state index in [1.807, 2.05) is 39.1 Å². The van der Waals surface area contributed by atoms with E-state index in [9.17, 15) is 14.7 Å². The van der Waals surface area contributed by atoms with E-state index < -0.39 is 17.7 Å². The fraction of sp³-hybridized carbons (Fsp3) is 0.385. The minimum atomic E-state index is -1.06. The average molecular weight is 514 g/mol. The van der Waals surface area contributed by atoms with Gasteiger partial charge in [0.1, 0.15) is 22.7 Å². The molecule has 9 nitrogen and oxygen atoms in total. The summed E-state index contributed by atoms with van der Waals surface area (Å²) in [6.07, 6.45) is 3.64. The van der Waals surface area contributed by atoms with Gasteiger partial charge in [-0.25, -0.2) is 14.6 Å². The highest BCUT2D eigenvalue weighted by Gasteiger charge is 2.17. The van der Waals surface area contributed by atoms with Crippen LogP contribution in [0.25, 0.3) is 21.8 Å². The van der Waals surface area contributed by atoms with Gasteiger partial charge in [0.25, 0.3) is 0 Å². The van der Waals surface area contributed by atoms with Crippen molar-refractivity contribution in [3.63, 3.8) is 0 Å². The van der Waals surface area contributed by atoms with Crippen molar-refractivity contribution in [1.82, 2.24) is 15.3 Å². The van der Waals surface area contributed by atoms with Gasteiger partial charge in [0, 0.05) is 23.6 Å². The molecule has 1 amide bonds. The number of carbonyl (C=O) groups excluding carboxylic acids is 1. The van der Waals surface area contributed by atoms with E-state index in [1.165, 1.54) is 24.5 Å². The van der Waals surface area contributed by atoms with Crippen molar-refractivity contribution in [3.8, 4) is 33.3 Å². The van der Waals surface area contributed by atoms with Crippen molar-refractivity contribution >= 4 is 23.4 Å². The fourth-order valence-electron chi connectivity index (χ4n) is 3.23. The fourth-order valence-corrected chi connectivity index (χ4v) is 4.01. The molecule has 0 bridgehead atoms. The van der Waals surface area contributed by atoms with Gasteiger partial charge < -0.3 is 24.6 Å². The number of aromatic nitrogens is 2. The largest absolute Gasteiger partial charge is 0.496 e. The predicted molar refractivity (Wildman–Crippen MR) is 138 cm³/mol. The zero-order chi connectivity index (χ0) is 26.3. The number of amides is 1. The Morgan fingerprint density at radius 2 is 1.92 bits per heavy atom. The molecule has 1 unspecified atom stereocenters. The number of ether oxygens (including phenoxy) is 3. The molecular weight excluding hydrogens is 482 g/mol. The Kier molecular flexibility index (Phi) is 8.87. The molecule has 2 heterocycles. The quantitative estimate of drug-likeness (QED) is 0.364. The van der Waals surface area contributed by atoms with Crippen LogP contribution < -0.4 is 14.8 Å². The highest BCUT2D eigenvalue weighted by molar-refractivity contribution is 7.13. The molecule has 0 spiro atoms. The lowest BCUT2D eigenvalue weighted by Crippen LogP contribution is -2.35. The van der Waals surface area contributed by atoms with Gasteiger partial charge in [0.2, 0.25) is 0 Å². The van der Waals surface area contributed by atoms with Gasteiger partial charge in [-0.2, -0.15) is 0 Å². The highest BCUT2D eigenvalue weighted by atomic mass is 32.1. The normalized spacial score (nSPS) is 12.0.